The number of aromatic nitrogens is 1. The van der Waals surface area contributed by atoms with E-state index in [9.17, 15) is 19.2 Å². The third-order valence-electron chi connectivity index (χ3n) is 4.88. The van der Waals surface area contributed by atoms with Crippen LogP contribution in [0.1, 0.15) is 40.5 Å². The van der Waals surface area contributed by atoms with Gasteiger partial charge >= 0.3 is 5.97 Å². The van der Waals surface area contributed by atoms with E-state index in [1.807, 2.05) is 47.8 Å². The Bertz CT molecular complexity index is 1100. The molecule has 3 rings (SSSR count). The Hall–Kier alpha value is -3.59. The van der Waals surface area contributed by atoms with Crippen LogP contribution in [0.4, 0.5) is 0 Å². The molecule has 0 saturated carbocycles. The normalized spacial score (nSPS) is 12.6. The van der Waals surface area contributed by atoms with Gasteiger partial charge in [-0.15, -0.1) is 11.3 Å². The highest BCUT2D eigenvalue weighted by Crippen LogP contribution is 2.26. The standard InChI is InChI=1S/C23H23N3O5S/c27-14-16(13-21(28)29)25-22(30)17(20-8-4-12-32-20)6-3-11-24-23(31)19-10-9-15-5-1-2-7-18(15)26-19/h1-2,4-5,7-10,12,14,16-17H,3,6,11,13H2,(H,24,31)(H,25,30)(H,28,29). The van der Waals surface area contributed by atoms with Crippen molar-refractivity contribution in [1.82, 2.24) is 15.6 Å². The van der Waals surface area contributed by atoms with Gasteiger partial charge in [0.1, 0.15) is 12.0 Å². The third kappa shape index (κ3) is 6.21. The first-order chi connectivity index (χ1) is 15.5. The number of pyridine rings is 1. The maximum absolute atomic E-state index is 12.7. The third-order valence-corrected chi connectivity index (χ3v) is 5.86. The van der Waals surface area contributed by atoms with Crippen LogP contribution in [-0.4, -0.2) is 46.7 Å². The lowest BCUT2D eigenvalue weighted by Gasteiger charge is -2.18. The highest BCUT2D eigenvalue weighted by molar-refractivity contribution is 7.10. The minimum Gasteiger partial charge on any atom is -0.481 e. The number of thiophene rings is 1. The van der Waals surface area contributed by atoms with Crippen LogP contribution in [-0.2, 0) is 14.4 Å². The first-order valence-electron chi connectivity index (χ1n) is 10.1. The number of hydrogen-bond donors (Lipinski definition) is 3. The van der Waals surface area contributed by atoms with E-state index in [2.05, 4.69) is 15.6 Å². The SMILES string of the molecule is O=CC(CC(=O)O)NC(=O)C(CCCNC(=O)c1ccc2ccccc2n1)c1cccs1. The second kappa shape index (κ2) is 11.1. The number of amides is 2. The minimum atomic E-state index is -1.17. The van der Waals surface area contributed by atoms with Crippen LogP contribution in [0, 0.1) is 0 Å². The molecule has 0 saturated heterocycles. The molecule has 0 radical (unpaired) electrons. The Morgan fingerprint density at radius 1 is 1.09 bits per heavy atom. The molecule has 3 aromatic rings. The Labute approximate surface area is 188 Å². The number of para-hydroxylation sites is 1. The van der Waals surface area contributed by atoms with Crippen LogP contribution in [0.5, 0.6) is 0 Å². The lowest BCUT2D eigenvalue weighted by Crippen LogP contribution is -2.40. The minimum absolute atomic E-state index is 0.296. The number of benzene rings is 1. The summed E-state index contributed by atoms with van der Waals surface area (Å²) >= 11 is 1.41. The number of carboxylic acid groups (broad SMARTS) is 1. The highest BCUT2D eigenvalue weighted by Gasteiger charge is 2.24. The zero-order chi connectivity index (χ0) is 22.9. The number of aliphatic carboxylic acids is 1. The van der Waals surface area contributed by atoms with E-state index >= 15 is 0 Å². The molecule has 2 amide bonds. The molecule has 1 aromatic carbocycles. The van der Waals surface area contributed by atoms with Gasteiger partial charge in [0, 0.05) is 16.8 Å². The summed E-state index contributed by atoms with van der Waals surface area (Å²) in [5, 5.41) is 17.0. The Balaban J connectivity index is 1.56. The molecule has 9 heteroatoms. The molecule has 32 heavy (non-hydrogen) atoms. The van der Waals surface area contributed by atoms with E-state index in [1.54, 1.807) is 6.07 Å². The number of nitrogens with zero attached hydrogens (tertiary/aromatic N) is 1. The largest absolute Gasteiger partial charge is 0.481 e. The van der Waals surface area contributed by atoms with Crippen molar-refractivity contribution in [2.24, 2.45) is 0 Å². The molecular weight excluding hydrogens is 430 g/mol. The van der Waals surface area contributed by atoms with E-state index in [4.69, 9.17) is 5.11 Å². The molecule has 0 aliphatic carbocycles. The van der Waals surface area contributed by atoms with E-state index in [0.29, 0.717) is 31.4 Å². The topological polar surface area (TPSA) is 125 Å². The van der Waals surface area contributed by atoms with Gasteiger partial charge in [-0.3, -0.25) is 14.4 Å². The molecule has 0 spiro atoms. The number of hydrogen-bond acceptors (Lipinski definition) is 6. The number of rotatable bonds is 11. The van der Waals surface area contributed by atoms with E-state index in [1.165, 1.54) is 11.3 Å². The van der Waals surface area contributed by atoms with Crippen LogP contribution in [0.25, 0.3) is 10.9 Å². The van der Waals surface area contributed by atoms with Crippen LogP contribution in [0.2, 0.25) is 0 Å². The van der Waals surface area contributed by atoms with E-state index in [-0.39, 0.29) is 5.91 Å². The number of carboxylic acids is 1. The zero-order valence-corrected chi connectivity index (χ0v) is 18.0. The molecule has 2 unspecified atom stereocenters. The number of fused-ring (bicyclic) bond motifs is 1. The maximum Gasteiger partial charge on any atom is 0.305 e. The highest BCUT2D eigenvalue weighted by atomic mass is 32.1. The number of aldehydes is 1. The van der Waals surface area contributed by atoms with Gasteiger partial charge in [0.2, 0.25) is 5.91 Å². The molecular formula is C23H23N3O5S. The molecule has 3 N–H and O–H groups in total. The van der Waals surface area contributed by atoms with Crippen molar-refractivity contribution in [3.63, 3.8) is 0 Å². The first-order valence-corrected chi connectivity index (χ1v) is 11.0. The van der Waals surface area contributed by atoms with Gasteiger partial charge in [0.05, 0.1) is 23.9 Å². The van der Waals surface area contributed by atoms with Crippen LogP contribution in [0.3, 0.4) is 0 Å². The fourth-order valence-corrected chi connectivity index (χ4v) is 4.15. The van der Waals surface area contributed by atoms with Crippen molar-refractivity contribution < 1.29 is 24.3 Å². The fraction of sp³-hybridized carbons (Fsp3) is 0.261. The van der Waals surface area contributed by atoms with Gasteiger partial charge in [-0.1, -0.05) is 30.3 Å². The summed E-state index contributed by atoms with van der Waals surface area (Å²) in [6.45, 7) is 0.342. The first kappa shape index (κ1) is 23.1. The van der Waals surface area contributed by atoms with E-state index in [0.717, 1.165) is 15.8 Å². The number of nitrogens with one attached hydrogen (secondary N) is 2. The quantitative estimate of drug-likeness (QED) is 0.303. The van der Waals surface area contributed by atoms with Gasteiger partial charge in [0.15, 0.2) is 0 Å². The van der Waals surface area contributed by atoms with Crippen molar-refractivity contribution in [3.8, 4) is 0 Å². The van der Waals surface area contributed by atoms with Gasteiger partial charge in [-0.2, -0.15) is 0 Å². The summed E-state index contributed by atoms with van der Waals surface area (Å²) in [7, 11) is 0. The molecule has 2 atom stereocenters. The van der Waals surface area contributed by atoms with Crippen molar-refractivity contribution >= 4 is 46.3 Å². The van der Waals surface area contributed by atoms with Crippen molar-refractivity contribution in [2.75, 3.05) is 6.54 Å². The van der Waals surface area contributed by atoms with Gasteiger partial charge in [-0.25, -0.2) is 4.98 Å². The Kier molecular flexibility index (Phi) is 8.04. The molecule has 0 fully saturated rings. The summed E-state index contributed by atoms with van der Waals surface area (Å²) in [4.78, 5) is 52.3. The molecule has 2 heterocycles. The van der Waals surface area contributed by atoms with Gasteiger partial charge < -0.3 is 20.5 Å². The Morgan fingerprint density at radius 3 is 2.62 bits per heavy atom. The zero-order valence-electron chi connectivity index (χ0n) is 17.2. The van der Waals surface area contributed by atoms with Crippen LogP contribution < -0.4 is 10.6 Å². The summed E-state index contributed by atoms with van der Waals surface area (Å²) < 4.78 is 0. The second-order valence-corrected chi connectivity index (χ2v) is 8.18. The summed E-state index contributed by atoms with van der Waals surface area (Å²) in [6.07, 6.45) is 0.895. The molecule has 0 bridgehead atoms. The van der Waals surface area contributed by atoms with Crippen LogP contribution >= 0.6 is 11.3 Å². The second-order valence-electron chi connectivity index (χ2n) is 7.20. The smallest absolute Gasteiger partial charge is 0.305 e. The lowest BCUT2D eigenvalue weighted by molar-refractivity contribution is -0.138. The molecule has 0 aliphatic heterocycles. The summed E-state index contributed by atoms with van der Waals surface area (Å²) in [5.41, 5.74) is 1.06. The summed E-state index contributed by atoms with van der Waals surface area (Å²) in [6, 6.07) is 13.6. The Morgan fingerprint density at radius 2 is 1.91 bits per heavy atom. The monoisotopic (exact) mass is 453 g/mol. The fourth-order valence-electron chi connectivity index (χ4n) is 3.29. The number of carbonyl (C=O) groups is 4. The molecule has 0 aliphatic rings. The number of carbonyl (C=O) groups excluding carboxylic acids is 3. The maximum atomic E-state index is 12.7. The van der Waals surface area contributed by atoms with E-state index < -0.39 is 30.3 Å². The van der Waals surface area contributed by atoms with Crippen molar-refractivity contribution in [3.05, 3.63) is 64.5 Å². The average molecular weight is 454 g/mol. The predicted molar refractivity (Wildman–Crippen MR) is 121 cm³/mol. The average Bonchev–Trinajstić information content (AvgIpc) is 3.32. The van der Waals surface area contributed by atoms with Crippen molar-refractivity contribution in [1.29, 1.82) is 0 Å². The van der Waals surface area contributed by atoms with Gasteiger partial charge in [-0.05, 0) is 36.4 Å². The van der Waals surface area contributed by atoms with Crippen molar-refractivity contribution in [2.45, 2.75) is 31.2 Å². The predicted octanol–water partition coefficient (Wildman–Crippen LogP) is 2.75. The lowest BCUT2D eigenvalue weighted by atomic mass is 9.99. The molecule has 166 valence electrons. The molecule has 8 nitrogen and oxygen atoms in total. The molecule has 2 aromatic heterocycles. The summed E-state index contributed by atoms with van der Waals surface area (Å²) in [5.74, 6) is -2.41. The van der Waals surface area contributed by atoms with Gasteiger partial charge in [0.25, 0.3) is 5.91 Å². The van der Waals surface area contributed by atoms with Crippen LogP contribution in [0.15, 0.2) is 53.9 Å².